The predicted molar refractivity (Wildman–Crippen MR) is 82.3 cm³/mol. The summed E-state index contributed by atoms with van der Waals surface area (Å²) in [6.45, 7) is 2.12. The average molecular weight is 331 g/mol. The van der Waals surface area contributed by atoms with E-state index in [1.165, 1.54) is 5.56 Å². The van der Waals surface area contributed by atoms with Crippen LogP contribution in [0.1, 0.15) is 40.9 Å². The Hall–Kier alpha value is -1.61. The van der Waals surface area contributed by atoms with Gasteiger partial charge in [0, 0.05) is 4.47 Å². The number of hydrogen-bond donors (Lipinski definition) is 0. The molecule has 0 radical (unpaired) electrons. The number of ketones is 1. The standard InChI is InChI=1S/C17H15BrO2/c1-2-11-5-3-4-6-13(11)17-10-15(19)14-9-12(18)7-8-16(14)20-17/h3-9,17H,2,10H2,1H3. The van der Waals surface area contributed by atoms with E-state index in [0.29, 0.717) is 17.7 Å². The van der Waals surface area contributed by atoms with Crippen molar-refractivity contribution in [1.29, 1.82) is 0 Å². The first-order chi connectivity index (χ1) is 9.69. The van der Waals surface area contributed by atoms with E-state index in [2.05, 4.69) is 35.0 Å². The Balaban J connectivity index is 1.99. The van der Waals surface area contributed by atoms with Gasteiger partial charge in [0.15, 0.2) is 5.78 Å². The number of aryl methyl sites for hydroxylation is 1. The molecule has 0 amide bonds. The van der Waals surface area contributed by atoms with E-state index in [-0.39, 0.29) is 11.9 Å². The van der Waals surface area contributed by atoms with E-state index in [0.717, 1.165) is 16.5 Å². The van der Waals surface area contributed by atoms with Gasteiger partial charge in [0.25, 0.3) is 0 Å². The minimum atomic E-state index is -0.174. The zero-order chi connectivity index (χ0) is 14.1. The summed E-state index contributed by atoms with van der Waals surface area (Å²) in [5, 5.41) is 0. The van der Waals surface area contributed by atoms with Gasteiger partial charge in [-0.05, 0) is 35.7 Å². The highest BCUT2D eigenvalue weighted by atomic mass is 79.9. The Morgan fingerprint density at radius 3 is 2.85 bits per heavy atom. The summed E-state index contributed by atoms with van der Waals surface area (Å²) in [4.78, 5) is 12.3. The van der Waals surface area contributed by atoms with Crippen molar-refractivity contribution in [3.05, 3.63) is 63.6 Å². The lowest BCUT2D eigenvalue weighted by Crippen LogP contribution is -2.21. The predicted octanol–water partition coefficient (Wildman–Crippen LogP) is 4.72. The van der Waals surface area contributed by atoms with Crippen LogP contribution in [0, 0.1) is 0 Å². The number of ether oxygens (including phenoxy) is 1. The molecule has 102 valence electrons. The first kappa shape index (κ1) is 13.4. The van der Waals surface area contributed by atoms with Crippen LogP contribution in [0.15, 0.2) is 46.9 Å². The molecule has 2 aromatic carbocycles. The van der Waals surface area contributed by atoms with Gasteiger partial charge in [-0.15, -0.1) is 0 Å². The number of halogens is 1. The molecule has 1 heterocycles. The third kappa shape index (κ3) is 2.38. The molecule has 0 aliphatic carbocycles. The summed E-state index contributed by atoms with van der Waals surface area (Å²) in [6.07, 6.45) is 1.17. The van der Waals surface area contributed by atoms with E-state index < -0.39 is 0 Å². The fourth-order valence-electron chi connectivity index (χ4n) is 2.64. The molecular weight excluding hydrogens is 316 g/mol. The van der Waals surface area contributed by atoms with E-state index >= 15 is 0 Å². The zero-order valence-corrected chi connectivity index (χ0v) is 12.8. The first-order valence-corrected chi connectivity index (χ1v) is 7.55. The van der Waals surface area contributed by atoms with Crippen LogP contribution in [-0.2, 0) is 6.42 Å². The molecule has 20 heavy (non-hydrogen) atoms. The molecule has 0 saturated heterocycles. The monoisotopic (exact) mass is 330 g/mol. The van der Waals surface area contributed by atoms with Crippen LogP contribution in [0.2, 0.25) is 0 Å². The molecule has 1 aliphatic heterocycles. The Morgan fingerprint density at radius 2 is 2.05 bits per heavy atom. The number of rotatable bonds is 2. The van der Waals surface area contributed by atoms with Crippen LogP contribution >= 0.6 is 15.9 Å². The third-order valence-electron chi connectivity index (χ3n) is 3.66. The van der Waals surface area contributed by atoms with Crippen LogP contribution in [0.25, 0.3) is 0 Å². The maximum atomic E-state index is 12.3. The van der Waals surface area contributed by atoms with E-state index in [4.69, 9.17) is 4.74 Å². The number of carbonyl (C=O) groups is 1. The van der Waals surface area contributed by atoms with Gasteiger partial charge in [-0.1, -0.05) is 47.1 Å². The minimum absolute atomic E-state index is 0.142. The van der Waals surface area contributed by atoms with E-state index in [1.54, 1.807) is 0 Å². The fraction of sp³-hybridized carbons (Fsp3) is 0.235. The molecule has 0 fully saturated rings. The largest absolute Gasteiger partial charge is 0.484 e. The van der Waals surface area contributed by atoms with E-state index in [9.17, 15) is 4.79 Å². The number of Topliss-reactive ketones (excluding diaryl/α,β-unsaturated/α-hetero) is 1. The van der Waals surface area contributed by atoms with Crippen molar-refractivity contribution < 1.29 is 9.53 Å². The number of fused-ring (bicyclic) bond motifs is 1. The Morgan fingerprint density at radius 1 is 1.25 bits per heavy atom. The molecule has 3 rings (SSSR count). The molecule has 0 saturated carbocycles. The smallest absolute Gasteiger partial charge is 0.170 e. The second-order valence-electron chi connectivity index (χ2n) is 4.93. The summed E-state index contributed by atoms with van der Waals surface area (Å²) in [5.74, 6) is 0.823. The van der Waals surface area contributed by atoms with Crippen molar-refractivity contribution in [3.63, 3.8) is 0 Å². The number of carbonyl (C=O) groups excluding carboxylic acids is 1. The summed E-state index contributed by atoms with van der Waals surface area (Å²) in [6, 6.07) is 13.8. The van der Waals surface area contributed by atoms with Crippen LogP contribution in [0.4, 0.5) is 0 Å². The van der Waals surface area contributed by atoms with Gasteiger partial charge in [0.1, 0.15) is 11.9 Å². The first-order valence-electron chi connectivity index (χ1n) is 6.76. The summed E-state index contributed by atoms with van der Waals surface area (Å²) >= 11 is 3.39. The van der Waals surface area contributed by atoms with Gasteiger partial charge >= 0.3 is 0 Å². The summed E-state index contributed by atoms with van der Waals surface area (Å²) in [5.41, 5.74) is 3.03. The quantitative estimate of drug-likeness (QED) is 0.796. The van der Waals surface area contributed by atoms with Gasteiger partial charge in [0.2, 0.25) is 0 Å². The molecule has 0 bridgehead atoms. The highest BCUT2D eigenvalue weighted by Gasteiger charge is 2.28. The minimum Gasteiger partial charge on any atom is -0.484 e. The molecule has 2 aromatic rings. The highest BCUT2D eigenvalue weighted by Crippen LogP contribution is 2.37. The molecule has 3 heteroatoms. The Kier molecular flexibility index (Phi) is 3.62. The third-order valence-corrected chi connectivity index (χ3v) is 4.16. The Bertz CT molecular complexity index is 664. The van der Waals surface area contributed by atoms with E-state index in [1.807, 2.05) is 30.3 Å². The van der Waals surface area contributed by atoms with Crippen molar-refractivity contribution in [2.24, 2.45) is 0 Å². The van der Waals surface area contributed by atoms with Gasteiger partial charge in [-0.25, -0.2) is 0 Å². The van der Waals surface area contributed by atoms with Gasteiger partial charge < -0.3 is 4.74 Å². The van der Waals surface area contributed by atoms with Crippen molar-refractivity contribution >= 4 is 21.7 Å². The average Bonchev–Trinajstić information content (AvgIpc) is 2.47. The molecule has 0 N–H and O–H groups in total. The van der Waals surface area contributed by atoms with Crippen LogP contribution in [-0.4, -0.2) is 5.78 Å². The van der Waals surface area contributed by atoms with Gasteiger partial charge in [-0.2, -0.15) is 0 Å². The highest BCUT2D eigenvalue weighted by molar-refractivity contribution is 9.10. The molecule has 1 unspecified atom stereocenters. The van der Waals surface area contributed by atoms with Crippen LogP contribution in [0.3, 0.4) is 0 Å². The zero-order valence-electron chi connectivity index (χ0n) is 11.2. The van der Waals surface area contributed by atoms with Crippen molar-refractivity contribution in [3.8, 4) is 5.75 Å². The van der Waals surface area contributed by atoms with Gasteiger partial charge in [-0.3, -0.25) is 4.79 Å². The molecule has 2 nitrogen and oxygen atoms in total. The summed E-state index contributed by atoms with van der Waals surface area (Å²) in [7, 11) is 0. The summed E-state index contributed by atoms with van der Waals surface area (Å²) < 4.78 is 6.95. The van der Waals surface area contributed by atoms with Crippen molar-refractivity contribution in [1.82, 2.24) is 0 Å². The maximum Gasteiger partial charge on any atom is 0.170 e. The molecule has 0 spiro atoms. The molecule has 1 atom stereocenters. The SMILES string of the molecule is CCc1ccccc1C1CC(=O)c2cc(Br)ccc2O1. The Labute approximate surface area is 126 Å². The lowest BCUT2D eigenvalue weighted by Gasteiger charge is -2.27. The normalized spacial score (nSPS) is 17.5. The second-order valence-corrected chi connectivity index (χ2v) is 5.84. The molecule has 0 aromatic heterocycles. The lowest BCUT2D eigenvalue weighted by molar-refractivity contribution is 0.0849. The number of hydrogen-bond acceptors (Lipinski definition) is 2. The van der Waals surface area contributed by atoms with Gasteiger partial charge in [0.05, 0.1) is 12.0 Å². The maximum absolute atomic E-state index is 12.3. The number of benzene rings is 2. The lowest BCUT2D eigenvalue weighted by atomic mass is 9.93. The van der Waals surface area contributed by atoms with Crippen molar-refractivity contribution in [2.45, 2.75) is 25.9 Å². The molecular formula is C17H15BrO2. The molecule has 1 aliphatic rings. The topological polar surface area (TPSA) is 26.3 Å². The second kappa shape index (κ2) is 5.41. The van der Waals surface area contributed by atoms with Crippen LogP contribution < -0.4 is 4.74 Å². The fourth-order valence-corrected chi connectivity index (χ4v) is 3.00. The van der Waals surface area contributed by atoms with Crippen molar-refractivity contribution in [2.75, 3.05) is 0 Å². The van der Waals surface area contributed by atoms with Crippen LogP contribution in [0.5, 0.6) is 5.75 Å².